The number of aliphatic carboxylic acids is 1. The maximum atomic E-state index is 11.7. The van der Waals surface area contributed by atoms with E-state index in [0.717, 1.165) is 4.90 Å². The van der Waals surface area contributed by atoms with Gasteiger partial charge in [-0.2, -0.15) is 0 Å². The summed E-state index contributed by atoms with van der Waals surface area (Å²) < 4.78 is 0. The van der Waals surface area contributed by atoms with Gasteiger partial charge < -0.3 is 10.4 Å². The maximum absolute atomic E-state index is 11.7. The molecule has 17 heavy (non-hydrogen) atoms. The van der Waals surface area contributed by atoms with Crippen LogP contribution in [-0.2, 0) is 9.59 Å². The number of rotatable bonds is 6. The van der Waals surface area contributed by atoms with Gasteiger partial charge in [-0.25, -0.2) is 14.5 Å². The SMILES string of the molecule is CCCC(CCC)(C(=O)O)N1C(=O)CNC1=O. The number of urea groups is 1. The number of nitrogens with one attached hydrogen (secondary N) is 1. The monoisotopic (exact) mass is 242 g/mol. The van der Waals surface area contributed by atoms with E-state index >= 15 is 0 Å². The number of nitrogens with zero attached hydrogens (tertiary/aromatic N) is 1. The molecule has 3 amide bonds. The van der Waals surface area contributed by atoms with Crippen molar-refractivity contribution in [3.8, 4) is 0 Å². The molecule has 0 bridgehead atoms. The highest BCUT2D eigenvalue weighted by atomic mass is 16.4. The zero-order valence-corrected chi connectivity index (χ0v) is 10.2. The predicted molar refractivity (Wildman–Crippen MR) is 60.4 cm³/mol. The minimum Gasteiger partial charge on any atom is -0.479 e. The van der Waals surface area contributed by atoms with Crippen LogP contribution in [0.15, 0.2) is 0 Å². The van der Waals surface area contributed by atoms with Gasteiger partial charge in [0.1, 0.15) is 5.54 Å². The van der Waals surface area contributed by atoms with Crippen LogP contribution in [0.2, 0.25) is 0 Å². The van der Waals surface area contributed by atoms with Gasteiger partial charge in [0, 0.05) is 0 Å². The summed E-state index contributed by atoms with van der Waals surface area (Å²) in [6.07, 6.45) is 1.78. The lowest BCUT2D eigenvalue weighted by Gasteiger charge is -2.35. The molecule has 0 aromatic carbocycles. The molecule has 1 heterocycles. The maximum Gasteiger partial charge on any atom is 0.330 e. The van der Waals surface area contributed by atoms with Crippen molar-refractivity contribution >= 4 is 17.9 Å². The minimum absolute atomic E-state index is 0.110. The summed E-state index contributed by atoms with van der Waals surface area (Å²) in [5.74, 6) is -1.56. The van der Waals surface area contributed by atoms with Crippen LogP contribution >= 0.6 is 0 Å². The Morgan fingerprint density at radius 3 is 2.18 bits per heavy atom. The van der Waals surface area contributed by atoms with Gasteiger partial charge in [-0.3, -0.25) is 4.79 Å². The molecule has 0 unspecified atom stereocenters. The third-order valence-electron chi connectivity index (χ3n) is 3.00. The third kappa shape index (κ3) is 2.25. The van der Waals surface area contributed by atoms with E-state index in [9.17, 15) is 19.5 Å². The van der Waals surface area contributed by atoms with Gasteiger partial charge in [-0.05, 0) is 12.8 Å². The van der Waals surface area contributed by atoms with Crippen molar-refractivity contribution in [1.82, 2.24) is 10.2 Å². The van der Waals surface area contributed by atoms with Crippen LogP contribution in [0.25, 0.3) is 0 Å². The second-order valence-electron chi connectivity index (χ2n) is 4.22. The molecule has 2 N–H and O–H groups in total. The van der Waals surface area contributed by atoms with E-state index in [-0.39, 0.29) is 19.4 Å². The quantitative estimate of drug-likeness (QED) is 0.679. The Kier molecular flexibility index (Phi) is 4.09. The highest BCUT2D eigenvalue weighted by Gasteiger charge is 2.50. The van der Waals surface area contributed by atoms with Gasteiger partial charge in [0.05, 0.1) is 6.54 Å². The Morgan fingerprint density at radius 1 is 1.35 bits per heavy atom. The Balaban J connectivity index is 3.14. The van der Waals surface area contributed by atoms with Gasteiger partial charge in [0.2, 0.25) is 0 Å². The van der Waals surface area contributed by atoms with E-state index in [1.165, 1.54) is 0 Å². The van der Waals surface area contributed by atoms with E-state index in [1.807, 2.05) is 13.8 Å². The Bertz CT molecular complexity index is 318. The van der Waals surface area contributed by atoms with Crippen molar-refractivity contribution in [2.75, 3.05) is 6.54 Å². The predicted octanol–water partition coefficient (Wildman–Crippen LogP) is 0.962. The summed E-state index contributed by atoms with van der Waals surface area (Å²) in [4.78, 5) is 35.7. The number of imide groups is 1. The molecule has 6 nitrogen and oxygen atoms in total. The van der Waals surface area contributed by atoms with E-state index < -0.39 is 23.4 Å². The largest absolute Gasteiger partial charge is 0.479 e. The van der Waals surface area contributed by atoms with Crippen molar-refractivity contribution in [3.05, 3.63) is 0 Å². The fourth-order valence-electron chi connectivity index (χ4n) is 2.34. The second kappa shape index (κ2) is 5.16. The lowest BCUT2D eigenvalue weighted by molar-refractivity contribution is -0.155. The number of hydrogen-bond acceptors (Lipinski definition) is 3. The van der Waals surface area contributed by atoms with Crippen molar-refractivity contribution in [2.45, 2.75) is 45.1 Å². The lowest BCUT2D eigenvalue weighted by Crippen LogP contribution is -2.57. The Morgan fingerprint density at radius 2 is 1.88 bits per heavy atom. The summed E-state index contributed by atoms with van der Waals surface area (Å²) >= 11 is 0. The van der Waals surface area contributed by atoms with Crippen LogP contribution in [0.3, 0.4) is 0 Å². The molecule has 96 valence electrons. The zero-order chi connectivity index (χ0) is 13.1. The fraction of sp³-hybridized carbons (Fsp3) is 0.727. The highest BCUT2D eigenvalue weighted by Crippen LogP contribution is 2.29. The summed E-state index contributed by atoms with van der Waals surface area (Å²) in [5.41, 5.74) is -1.39. The topological polar surface area (TPSA) is 86.7 Å². The van der Waals surface area contributed by atoms with Crippen molar-refractivity contribution in [1.29, 1.82) is 0 Å². The molecule has 0 aromatic heterocycles. The number of carbonyl (C=O) groups is 3. The molecule has 0 radical (unpaired) electrons. The average Bonchev–Trinajstić information content (AvgIpc) is 2.58. The standard InChI is InChI=1S/C11H18N2O4/c1-3-5-11(6-4-2,9(15)16)13-8(14)7-12-10(13)17/h3-7H2,1-2H3,(H,12,17)(H,15,16). The van der Waals surface area contributed by atoms with Gasteiger partial charge >= 0.3 is 12.0 Å². The molecule has 1 aliphatic heterocycles. The molecular weight excluding hydrogens is 224 g/mol. The van der Waals surface area contributed by atoms with Gasteiger partial charge in [-0.15, -0.1) is 0 Å². The lowest BCUT2D eigenvalue weighted by atomic mass is 9.87. The number of hydrogen-bond donors (Lipinski definition) is 2. The molecular formula is C11H18N2O4. The van der Waals surface area contributed by atoms with Gasteiger partial charge in [0.25, 0.3) is 5.91 Å². The Hall–Kier alpha value is -1.59. The summed E-state index contributed by atoms with van der Waals surface area (Å²) in [6, 6.07) is -0.598. The first-order valence-corrected chi connectivity index (χ1v) is 5.84. The fourth-order valence-corrected chi connectivity index (χ4v) is 2.34. The molecule has 0 aromatic rings. The number of carbonyl (C=O) groups excluding carboxylic acids is 2. The van der Waals surface area contributed by atoms with Crippen LogP contribution in [0.4, 0.5) is 4.79 Å². The van der Waals surface area contributed by atoms with Crippen LogP contribution in [0.1, 0.15) is 39.5 Å². The van der Waals surface area contributed by atoms with Crippen LogP contribution in [-0.4, -0.2) is 40.0 Å². The first kappa shape index (κ1) is 13.5. The molecule has 0 aliphatic carbocycles. The summed E-state index contributed by atoms with van der Waals surface area (Å²) in [5, 5.41) is 11.8. The Labute approximate surface area is 100.0 Å². The molecule has 0 spiro atoms. The van der Waals surface area contributed by atoms with Gasteiger partial charge in [-0.1, -0.05) is 26.7 Å². The van der Waals surface area contributed by atoms with Crippen LogP contribution < -0.4 is 5.32 Å². The van der Waals surface area contributed by atoms with Crippen molar-refractivity contribution in [2.24, 2.45) is 0 Å². The van der Waals surface area contributed by atoms with E-state index in [1.54, 1.807) is 0 Å². The molecule has 6 heteroatoms. The molecule has 0 saturated carbocycles. The van der Waals surface area contributed by atoms with Crippen molar-refractivity contribution < 1.29 is 19.5 Å². The van der Waals surface area contributed by atoms with Crippen molar-refractivity contribution in [3.63, 3.8) is 0 Å². The normalized spacial score (nSPS) is 16.2. The summed E-state index contributed by atoms with van der Waals surface area (Å²) in [7, 11) is 0. The van der Waals surface area contributed by atoms with Crippen LogP contribution in [0.5, 0.6) is 0 Å². The number of carboxylic acids is 1. The highest BCUT2D eigenvalue weighted by molar-refractivity contribution is 6.06. The second-order valence-corrected chi connectivity index (χ2v) is 4.22. The molecule has 1 aliphatic rings. The number of carboxylic acid groups (broad SMARTS) is 1. The third-order valence-corrected chi connectivity index (χ3v) is 3.00. The van der Waals surface area contributed by atoms with Gasteiger partial charge in [0.15, 0.2) is 0 Å². The minimum atomic E-state index is -1.39. The first-order valence-electron chi connectivity index (χ1n) is 5.84. The first-order chi connectivity index (χ1) is 7.99. The van der Waals surface area contributed by atoms with E-state index in [2.05, 4.69) is 5.32 Å². The molecule has 0 atom stereocenters. The smallest absolute Gasteiger partial charge is 0.330 e. The molecule has 1 saturated heterocycles. The molecule has 1 fully saturated rings. The zero-order valence-electron chi connectivity index (χ0n) is 10.2. The van der Waals surface area contributed by atoms with E-state index in [4.69, 9.17) is 0 Å². The van der Waals surface area contributed by atoms with E-state index in [0.29, 0.717) is 12.8 Å². The van der Waals surface area contributed by atoms with Crippen LogP contribution in [0, 0.1) is 0 Å². The average molecular weight is 242 g/mol. The summed E-state index contributed by atoms with van der Waals surface area (Å²) in [6.45, 7) is 3.57. The number of amides is 3. The molecule has 1 rings (SSSR count).